The molecule has 0 fully saturated rings. The fraction of sp³-hybridized carbons (Fsp3) is 0.357. The normalized spacial score (nSPS) is 12.1. The first-order valence-electron chi connectivity index (χ1n) is 6.62. The van der Waals surface area contributed by atoms with E-state index in [4.69, 9.17) is 20.9 Å². The van der Waals surface area contributed by atoms with Gasteiger partial charge in [0.25, 0.3) is 5.91 Å². The van der Waals surface area contributed by atoms with Crippen molar-refractivity contribution in [3.8, 4) is 5.75 Å². The van der Waals surface area contributed by atoms with E-state index >= 15 is 0 Å². The summed E-state index contributed by atoms with van der Waals surface area (Å²) in [6, 6.07) is 3.74. The van der Waals surface area contributed by atoms with Crippen molar-refractivity contribution >= 4 is 17.5 Å². The molecule has 22 heavy (non-hydrogen) atoms. The van der Waals surface area contributed by atoms with E-state index in [1.54, 1.807) is 14.0 Å². The van der Waals surface area contributed by atoms with E-state index < -0.39 is 11.9 Å². The lowest BCUT2D eigenvalue weighted by Crippen LogP contribution is -2.27. The predicted octanol–water partition coefficient (Wildman–Crippen LogP) is 2.11. The van der Waals surface area contributed by atoms with Crippen molar-refractivity contribution in [3.05, 3.63) is 40.5 Å². The van der Waals surface area contributed by atoms with Crippen LogP contribution in [0.2, 0.25) is 5.02 Å². The minimum absolute atomic E-state index is 0.0819. The molecule has 0 aliphatic rings. The zero-order valence-corrected chi connectivity index (χ0v) is 12.9. The molecule has 1 aromatic heterocycles. The van der Waals surface area contributed by atoms with Gasteiger partial charge in [-0.3, -0.25) is 4.79 Å². The first kappa shape index (κ1) is 16.3. The number of phenols is 1. The van der Waals surface area contributed by atoms with Crippen LogP contribution in [0.15, 0.2) is 22.7 Å². The molecule has 2 N–H and O–H groups in total. The van der Waals surface area contributed by atoms with Crippen molar-refractivity contribution < 1.29 is 19.2 Å². The fourth-order valence-electron chi connectivity index (χ4n) is 1.76. The fourth-order valence-corrected chi connectivity index (χ4v) is 1.94. The Hall–Kier alpha value is -2.12. The topological polar surface area (TPSA) is 97.5 Å². The van der Waals surface area contributed by atoms with Crippen molar-refractivity contribution in [2.75, 3.05) is 13.7 Å². The summed E-state index contributed by atoms with van der Waals surface area (Å²) < 4.78 is 10.0. The Morgan fingerprint density at radius 1 is 1.55 bits per heavy atom. The molecule has 1 atom stereocenters. The van der Waals surface area contributed by atoms with E-state index in [2.05, 4.69) is 15.5 Å². The molecule has 118 valence electrons. The molecule has 0 spiro atoms. The van der Waals surface area contributed by atoms with E-state index in [1.807, 2.05) is 0 Å². The molecule has 1 amide bonds. The summed E-state index contributed by atoms with van der Waals surface area (Å²) in [6.45, 7) is 2.18. The standard InChI is InChI=1S/C14H16ClN3O4/c1-8(14-17-12(18-22-14)5-6-21-2)16-13(20)10-7-9(15)3-4-11(10)19/h3-4,7-8,19H,5-6H2,1-2H3,(H,16,20). The Labute approximate surface area is 132 Å². The van der Waals surface area contributed by atoms with E-state index in [0.717, 1.165) is 0 Å². The lowest BCUT2D eigenvalue weighted by atomic mass is 10.1. The van der Waals surface area contributed by atoms with E-state index in [1.165, 1.54) is 18.2 Å². The van der Waals surface area contributed by atoms with Gasteiger partial charge in [0, 0.05) is 18.6 Å². The molecule has 0 aliphatic heterocycles. The second kappa shape index (κ2) is 7.24. The van der Waals surface area contributed by atoms with Gasteiger partial charge < -0.3 is 19.7 Å². The maximum absolute atomic E-state index is 12.1. The number of halogens is 1. The Morgan fingerprint density at radius 3 is 3.05 bits per heavy atom. The van der Waals surface area contributed by atoms with Crippen LogP contribution >= 0.6 is 11.6 Å². The molecular weight excluding hydrogens is 310 g/mol. The van der Waals surface area contributed by atoms with Crippen LogP contribution in [-0.2, 0) is 11.2 Å². The third-order valence-corrected chi connectivity index (χ3v) is 3.17. The van der Waals surface area contributed by atoms with Gasteiger partial charge in [-0.15, -0.1) is 0 Å². The molecule has 2 rings (SSSR count). The van der Waals surface area contributed by atoms with Crippen LogP contribution in [0, 0.1) is 0 Å². The number of nitrogens with one attached hydrogen (secondary N) is 1. The summed E-state index contributed by atoms with van der Waals surface area (Å²) >= 11 is 5.82. The van der Waals surface area contributed by atoms with Crippen molar-refractivity contribution in [3.63, 3.8) is 0 Å². The number of hydrogen-bond acceptors (Lipinski definition) is 6. The minimum Gasteiger partial charge on any atom is -0.507 e. The van der Waals surface area contributed by atoms with Crippen molar-refractivity contribution in [2.24, 2.45) is 0 Å². The number of aromatic nitrogens is 2. The number of benzene rings is 1. The van der Waals surface area contributed by atoms with Crippen molar-refractivity contribution in [2.45, 2.75) is 19.4 Å². The number of carbonyl (C=O) groups excluding carboxylic acids is 1. The molecule has 2 aromatic rings. The summed E-state index contributed by atoms with van der Waals surface area (Å²) in [7, 11) is 1.58. The van der Waals surface area contributed by atoms with Gasteiger partial charge >= 0.3 is 0 Å². The number of ether oxygens (including phenoxy) is 1. The van der Waals surface area contributed by atoms with Gasteiger partial charge in [0.1, 0.15) is 11.8 Å². The summed E-state index contributed by atoms with van der Waals surface area (Å²) in [5, 5.41) is 16.5. The van der Waals surface area contributed by atoms with Crippen LogP contribution < -0.4 is 5.32 Å². The molecule has 7 nitrogen and oxygen atoms in total. The van der Waals surface area contributed by atoms with Gasteiger partial charge in [0.2, 0.25) is 5.89 Å². The number of aromatic hydroxyl groups is 1. The summed E-state index contributed by atoms with van der Waals surface area (Å²) in [4.78, 5) is 16.3. The smallest absolute Gasteiger partial charge is 0.255 e. The highest BCUT2D eigenvalue weighted by Crippen LogP contribution is 2.22. The second-order valence-electron chi connectivity index (χ2n) is 4.65. The second-order valence-corrected chi connectivity index (χ2v) is 5.08. The van der Waals surface area contributed by atoms with E-state index in [9.17, 15) is 9.90 Å². The van der Waals surface area contributed by atoms with Gasteiger partial charge in [-0.1, -0.05) is 16.8 Å². The molecule has 1 heterocycles. The molecule has 0 aliphatic carbocycles. The number of nitrogens with zero attached hydrogens (tertiary/aromatic N) is 2. The summed E-state index contributed by atoms with van der Waals surface area (Å²) in [6.07, 6.45) is 0.524. The number of methoxy groups -OCH3 is 1. The highest BCUT2D eigenvalue weighted by molar-refractivity contribution is 6.31. The van der Waals surface area contributed by atoms with Crippen LogP contribution in [0.1, 0.15) is 35.0 Å². The first-order valence-corrected chi connectivity index (χ1v) is 7.00. The maximum Gasteiger partial charge on any atom is 0.255 e. The van der Waals surface area contributed by atoms with Gasteiger partial charge in [-0.05, 0) is 25.1 Å². The van der Waals surface area contributed by atoms with Gasteiger partial charge in [-0.2, -0.15) is 4.98 Å². The monoisotopic (exact) mass is 325 g/mol. The Kier molecular flexibility index (Phi) is 5.35. The largest absolute Gasteiger partial charge is 0.507 e. The predicted molar refractivity (Wildman–Crippen MR) is 78.9 cm³/mol. The number of rotatable bonds is 6. The Bertz CT molecular complexity index is 659. The molecule has 8 heteroatoms. The van der Waals surface area contributed by atoms with Crippen molar-refractivity contribution in [1.82, 2.24) is 15.5 Å². The summed E-state index contributed by atoms with van der Waals surface area (Å²) in [5.74, 6) is 0.147. The highest BCUT2D eigenvalue weighted by atomic mass is 35.5. The summed E-state index contributed by atoms with van der Waals surface area (Å²) in [5.41, 5.74) is 0.0819. The van der Waals surface area contributed by atoms with Crippen molar-refractivity contribution in [1.29, 1.82) is 0 Å². The third-order valence-electron chi connectivity index (χ3n) is 2.93. The lowest BCUT2D eigenvalue weighted by Gasteiger charge is -2.10. The Morgan fingerprint density at radius 2 is 2.32 bits per heavy atom. The van der Waals surface area contributed by atoms with Crippen LogP contribution in [-0.4, -0.2) is 34.9 Å². The average molecular weight is 326 g/mol. The molecular formula is C14H16ClN3O4. The van der Waals surface area contributed by atoms with E-state index in [-0.39, 0.29) is 17.2 Å². The number of carbonyl (C=O) groups is 1. The first-order chi connectivity index (χ1) is 10.5. The average Bonchev–Trinajstić information content (AvgIpc) is 2.96. The highest BCUT2D eigenvalue weighted by Gasteiger charge is 2.19. The minimum atomic E-state index is -0.505. The maximum atomic E-state index is 12.1. The molecule has 1 unspecified atom stereocenters. The SMILES string of the molecule is COCCc1noc(C(C)NC(=O)c2cc(Cl)ccc2O)n1. The molecule has 0 saturated carbocycles. The van der Waals surface area contributed by atoms with Crippen LogP contribution in [0.3, 0.4) is 0 Å². The Balaban J connectivity index is 2.04. The number of amides is 1. The molecule has 0 bridgehead atoms. The quantitative estimate of drug-likeness (QED) is 0.844. The molecule has 1 aromatic carbocycles. The van der Waals surface area contributed by atoms with E-state index in [0.29, 0.717) is 23.9 Å². The third kappa shape index (κ3) is 3.96. The van der Waals surface area contributed by atoms with Crippen LogP contribution in [0.5, 0.6) is 5.75 Å². The van der Waals surface area contributed by atoms with Gasteiger partial charge in [-0.25, -0.2) is 0 Å². The zero-order valence-electron chi connectivity index (χ0n) is 12.2. The zero-order chi connectivity index (χ0) is 16.1. The lowest BCUT2D eigenvalue weighted by molar-refractivity contribution is 0.0930. The number of hydrogen-bond donors (Lipinski definition) is 2. The van der Waals surface area contributed by atoms with Crippen LogP contribution in [0.4, 0.5) is 0 Å². The number of phenolic OH excluding ortho intramolecular Hbond substituents is 1. The van der Waals surface area contributed by atoms with Gasteiger partial charge in [0.05, 0.1) is 12.2 Å². The molecule has 0 radical (unpaired) electrons. The molecule has 0 saturated heterocycles. The van der Waals surface area contributed by atoms with Gasteiger partial charge in [0.15, 0.2) is 5.82 Å². The van der Waals surface area contributed by atoms with Crippen LogP contribution in [0.25, 0.3) is 0 Å².